The third kappa shape index (κ3) is 4.10. The Morgan fingerprint density at radius 3 is 2.42 bits per heavy atom. The third-order valence-electron chi connectivity index (χ3n) is 3.81. The van der Waals surface area contributed by atoms with Crippen LogP contribution in [0.5, 0.6) is 5.75 Å². The second-order valence-corrected chi connectivity index (χ2v) is 5.47. The highest BCUT2D eigenvalue weighted by molar-refractivity contribution is 5.77. The van der Waals surface area contributed by atoms with Crippen molar-refractivity contribution >= 4 is 11.7 Å². The molecule has 2 aromatic rings. The van der Waals surface area contributed by atoms with Crippen LogP contribution in [0.4, 0.5) is 5.69 Å². The number of non-ortho nitro benzene ring substituents is 1. The van der Waals surface area contributed by atoms with Gasteiger partial charge in [0.1, 0.15) is 5.75 Å². The molecule has 0 saturated carbocycles. The Morgan fingerprint density at radius 1 is 1.25 bits per heavy atom. The van der Waals surface area contributed by atoms with E-state index in [-0.39, 0.29) is 12.1 Å². The summed E-state index contributed by atoms with van der Waals surface area (Å²) in [7, 11) is 0. The summed E-state index contributed by atoms with van der Waals surface area (Å²) in [5, 5.41) is 20.3. The number of hydrogen-bond acceptors (Lipinski definition) is 4. The molecule has 126 valence electrons. The van der Waals surface area contributed by atoms with Gasteiger partial charge in [-0.05, 0) is 49.1 Å². The van der Waals surface area contributed by atoms with Gasteiger partial charge in [0.2, 0.25) is 0 Å². The molecule has 24 heavy (non-hydrogen) atoms. The van der Waals surface area contributed by atoms with Crippen molar-refractivity contribution in [2.45, 2.75) is 26.2 Å². The van der Waals surface area contributed by atoms with Crippen LogP contribution in [0.3, 0.4) is 0 Å². The van der Waals surface area contributed by atoms with E-state index in [0.29, 0.717) is 17.9 Å². The van der Waals surface area contributed by atoms with E-state index in [1.807, 2.05) is 19.9 Å². The van der Waals surface area contributed by atoms with Gasteiger partial charge in [0.25, 0.3) is 5.69 Å². The van der Waals surface area contributed by atoms with Crippen LogP contribution in [-0.2, 0) is 11.2 Å². The quantitative estimate of drug-likeness (QED) is 0.618. The van der Waals surface area contributed by atoms with Crippen molar-refractivity contribution < 1.29 is 19.6 Å². The van der Waals surface area contributed by atoms with E-state index in [1.165, 1.54) is 12.1 Å². The molecule has 1 N–H and O–H groups in total. The fourth-order valence-corrected chi connectivity index (χ4v) is 2.62. The smallest absolute Gasteiger partial charge is 0.311 e. The van der Waals surface area contributed by atoms with Gasteiger partial charge in [-0.25, -0.2) is 0 Å². The highest BCUT2D eigenvalue weighted by Crippen LogP contribution is 2.28. The van der Waals surface area contributed by atoms with Gasteiger partial charge in [0, 0.05) is 12.1 Å². The summed E-state index contributed by atoms with van der Waals surface area (Å²) in [4.78, 5) is 21.9. The first kappa shape index (κ1) is 17.5. The molecule has 1 atom stereocenters. The van der Waals surface area contributed by atoms with Crippen LogP contribution in [0.2, 0.25) is 0 Å². The number of nitrogens with zero attached hydrogens (tertiary/aromatic N) is 1. The van der Waals surface area contributed by atoms with Crippen LogP contribution in [0.15, 0.2) is 42.5 Å². The minimum Gasteiger partial charge on any atom is -0.494 e. The highest BCUT2D eigenvalue weighted by atomic mass is 16.6. The molecule has 0 fully saturated rings. The van der Waals surface area contributed by atoms with Gasteiger partial charge in [0.05, 0.1) is 17.4 Å². The average molecular weight is 329 g/mol. The molecular formula is C18H19NO5. The Kier molecular flexibility index (Phi) is 5.52. The molecule has 2 aromatic carbocycles. The molecule has 0 bridgehead atoms. The van der Waals surface area contributed by atoms with Gasteiger partial charge in [-0.1, -0.05) is 18.2 Å². The number of benzene rings is 2. The molecule has 0 aliphatic heterocycles. The van der Waals surface area contributed by atoms with Crippen molar-refractivity contribution in [2.75, 3.05) is 6.61 Å². The molecule has 0 radical (unpaired) electrons. The van der Waals surface area contributed by atoms with Gasteiger partial charge in [-0.2, -0.15) is 0 Å². The van der Waals surface area contributed by atoms with E-state index < -0.39 is 16.8 Å². The summed E-state index contributed by atoms with van der Waals surface area (Å²) < 4.78 is 5.42. The first-order chi connectivity index (χ1) is 11.4. The minimum atomic E-state index is -0.930. The summed E-state index contributed by atoms with van der Waals surface area (Å²) in [6, 6.07) is 11.3. The molecule has 6 nitrogen and oxygen atoms in total. The molecule has 0 amide bonds. The van der Waals surface area contributed by atoms with Crippen LogP contribution in [0, 0.1) is 17.0 Å². The predicted molar refractivity (Wildman–Crippen MR) is 89.5 cm³/mol. The number of aliphatic carboxylic acids is 1. The summed E-state index contributed by atoms with van der Waals surface area (Å²) in [6.45, 7) is 4.28. The lowest BCUT2D eigenvalue weighted by Gasteiger charge is -2.16. The average Bonchev–Trinajstić information content (AvgIpc) is 2.54. The van der Waals surface area contributed by atoms with Crippen molar-refractivity contribution in [1.82, 2.24) is 0 Å². The fraction of sp³-hybridized carbons (Fsp3) is 0.278. The van der Waals surface area contributed by atoms with Crippen molar-refractivity contribution in [3.05, 3.63) is 69.3 Å². The monoisotopic (exact) mass is 329 g/mol. The lowest BCUT2D eigenvalue weighted by atomic mass is 9.89. The van der Waals surface area contributed by atoms with Crippen LogP contribution >= 0.6 is 0 Å². The van der Waals surface area contributed by atoms with E-state index in [2.05, 4.69) is 0 Å². The molecule has 6 heteroatoms. The van der Waals surface area contributed by atoms with Crippen LogP contribution in [0.25, 0.3) is 0 Å². The van der Waals surface area contributed by atoms with Crippen molar-refractivity contribution in [3.8, 4) is 5.75 Å². The first-order valence-electron chi connectivity index (χ1n) is 7.61. The maximum atomic E-state index is 11.7. The molecule has 0 aliphatic carbocycles. The minimum absolute atomic E-state index is 0.0112. The van der Waals surface area contributed by atoms with E-state index in [9.17, 15) is 20.0 Å². The normalized spacial score (nSPS) is 11.8. The number of ether oxygens (including phenoxy) is 1. The van der Waals surface area contributed by atoms with E-state index in [1.54, 1.807) is 24.3 Å². The Hall–Kier alpha value is -2.89. The maximum Gasteiger partial charge on any atom is 0.311 e. The molecule has 0 aliphatic rings. The highest BCUT2D eigenvalue weighted by Gasteiger charge is 2.22. The summed E-state index contributed by atoms with van der Waals surface area (Å²) in [6.07, 6.45) is 0.266. The standard InChI is InChI=1S/C18H19NO5/c1-3-24-15-8-9-16(12(2)10-15)17(18(20)21)11-13-4-6-14(7-5-13)19(22)23/h4-10,17H,3,11H2,1-2H3,(H,20,21). The summed E-state index contributed by atoms with van der Waals surface area (Å²) in [5.41, 5.74) is 2.28. The zero-order valence-corrected chi connectivity index (χ0v) is 13.6. The van der Waals surface area contributed by atoms with Gasteiger partial charge in [-0.15, -0.1) is 0 Å². The van der Waals surface area contributed by atoms with Gasteiger partial charge < -0.3 is 9.84 Å². The predicted octanol–water partition coefficient (Wildman–Crippen LogP) is 3.71. The van der Waals surface area contributed by atoms with E-state index in [4.69, 9.17) is 4.74 Å². The molecule has 2 rings (SSSR count). The maximum absolute atomic E-state index is 11.7. The number of rotatable bonds is 7. The summed E-state index contributed by atoms with van der Waals surface area (Å²) >= 11 is 0. The molecular weight excluding hydrogens is 310 g/mol. The third-order valence-corrected chi connectivity index (χ3v) is 3.81. The summed E-state index contributed by atoms with van der Waals surface area (Å²) in [5.74, 6) is -0.944. The number of aryl methyl sites for hydroxylation is 1. The Bertz CT molecular complexity index is 740. The molecule has 0 spiro atoms. The van der Waals surface area contributed by atoms with Gasteiger partial charge in [0.15, 0.2) is 0 Å². The molecule has 0 aromatic heterocycles. The first-order valence-corrected chi connectivity index (χ1v) is 7.61. The number of hydrogen-bond donors (Lipinski definition) is 1. The number of nitro benzene ring substituents is 1. The largest absolute Gasteiger partial charge is 0.494 e. The number of carboxylic acid groups (broad SMARTS) is 1. The van der Waals surface area contributed by atoms with Gasteiger partial charge in [-0.3, -0.25) is 14.9 Å². The molecule has 0 saturated heterocycles. The lowest BCUT2D eigenvalue weighted by molar-refractivity contribution is -0.384. The fourth-order valence-electron chi connectivity index (χ4n) is 2.62. The molecule has 0 heterocycles. The Morgan fingerprint density at radius 2 is 1.92 bits per heavy atom. The zero-order valence-electron chi connectivity index (χ0n) is 13.6. The Labute approximate surface area is 139 Å². The van der Waals surface area contributed by atoms with Crippen LogP contribution < -0.4 is 4.74 Å². The van der Waals surface area contributed by atoms with E-state index >= 15 is 0 Å². The van der Waals surface area contributed by atoms with Crippen molar-refractivity contribution in [1.29, 1.82) is 0 Å². The Balaban J connectivity index is 2.26. The topological polar surface area (TPSA) is 89.7 Å². The number of carbonyl (C=O) groups is 1. The second-order valence-electron chi connectivity index (χ2n) is 5.47. The SMILES string of the molecule is CCOc1ccc(C(Cc2ccc([N+](=O)[O-])cc2)C(=O)O)c(C)c1. The molecule has 1 unspecified atom stereocenters. The van der Waals surface area contributed by atoms with Crippen molar-refractivity contribution in [3.63, 3.8) is 0 Å². The van der Waals surface area contributed by atoms with Crippen molar-refractivity contribution in [2.24, 2.45) is 0 Å². The number of nitro groups is 1. The zero-order chi connectivity index (χ0) is 17.7. The number of carboxylic acids is 1. The van der Waals surface area contributed by atoms with Gasteiger partial charge >= 0.3 is 5.97 Å². The second kappa shape index (κ2) is 7.59. The van der Waals surface area contributed by atoms with Crippen LogP contribution in [-0.4, -0.2) is 22.6 Å². The van der Waals surface area contributed by atoms with Crippen LogP contribution in [0.1, 0.15) is 29.5 Å². The van der Waals surface area contributed by atoms with E-state index in [0.717, 1.165) is 11.1 Å². The lowest BCUT2D eigenvalue weighted by Crippen LogP contribution is -2.15.